The summed E-state index contributed by atoms with van der Waals surface area (Å²) in [5.41, 5.74) is 0. The van der Waals surface area contributed by atoms with Crippen LogP contribution in [0, 0.1) is 11.8 Å². The van der Waals surface area contributed by atoms with E-state index in [1.807, 2.05) is 0 Å². The SMILES string of the molecule is CCCCCCCCCCCCCCCCCCCCCCC(=O)O[C@H](COC(=O)CCCCCCCCCCCCCCCCCCC(C)C)COP(=O)(O)OC[C@@H](O)COP(=O)(O)OC[C@@H](COC(=O)CCCCCCCCCCCC)OC(=O)CCCCCCCCCCCCCCCC(C)C. The van der Waals surface area contributed by atoms with Gasteiger partial charge in [-0.15, -0.1) is 0 Å². The molecular weight excluding hydrogens is 1370 g/mol. The number of phosphoric ester groups is 2. The van der Waals surface area contributed by atoms with Gasteiger partial charge >= 0.3 is 39.5 Å². The van der Waals surface area contributed by atoms with Gasteiger partial charge in [0, 0.05) is 25.7 Å². The minimum absolute atomic E-state index is 0.108. The van der Waals surface area contributed by atoms with E-state index < -0.39 is 97.5 Å². The number of esters is 4. The molecule has 0 bridgehead atoms. The number of hydrogen-bond donors (Lipinski definition) is 3. The van der Waals surface area contributed by atoms with Crippen molar-refractivity contribution in [3.05, 3.63) is 0 Å². The van der Waals surface area contributed by atoms with Crippen LogP contribution in [0.3, 0.4) is 0 Å². The third-order valence-corrected chi connectivity index (χ3v) is 22.1. The van der Waals surface area contributed by atoms with Crippen LogP contribution < -0.4 is 0 Å². The van der Waals surface area contributed by atoms with Crippen molar-refractivity contribution in [3.63, 3.8) is 0 Å². The van der Waals surface area contributed by atoms with Crippen LogP contribution in [0.2, 0.25) is 0 Å². The normalized spacial score (nSPS) is 13.8. The first-order valence-corrected chi connectivity index (χ1v) is 47.5. The maximum absolute atomic E-state index is 13.1. The predicted octanol–water partition coefficient (Wildman–Crippen LogP) is 26.2. The quantitative estimate of drug-likeness (QED) is 0.0222. The van der Waals surface area contributed by atoms with Crippen LogP contribution in [-0.4, -0.2) is 96.7 Å². The van der Waals surface area contributed by atoms with E-state index in [9.17, 15) is 43.2 Å². The highest BCUT2D eigenvalue weighted by Crippen LogP contribution is 2.45. The van der Waals surface area contributed by atoms with E-state index in [1.165, 1.54) is 276 Å². The monoisotopic (exact) mass is 1540 g/mol. The fourth-order valence-corrected chi connectivity index (χ4v) is 15.0. The number of aliphatic hydroxyl groups is 1. The molecule has 0 radical (unpaired) electrons. The van der Waals surface area contributed by atoms with Crippen LogP contribution in [0.25, 0.3) is 0 Å². The molecule has 5 atom stereocenters. The lowest BCUT2D eigenvalue weighted by Crippen LogP contribution is -2.30. The summed E-state index contributed by atoms with van der Waals surface area (Å²) < 4.78 is 68.9. The number of ether oxygens (including phenoxy) is 4. The summed E-state index contributed by atoms with van der Waals surface area (Å²) >= 11 is 0. The van der Waals surface area contributed by atoms with Gasteiger partial charge < -0.3 is 33.8 Å². The Bertz CT molecular complexity index is 2010. The second-order valence-corrected chi connectivity index (χ2v) is 34.8. The molecule has 2 unspecified atom stereocenters. The Hall–Kier alpha value is -1.94. The molecule has 0 spiro atoms. The summed E-state index contributed by atoms with van der Waals surface area (Å²) in [6.45, 7) is 9.71. The second-order valence-electron chi connectivity index (χ2n) is 31.9. The fourth-order valence-electron chi connectivity index (χ4n) is 13.4. The Balaban J connectivity index is 5.23. The van der Waals surface area contributed by atoms with Gasteiger partial charge in [0.1, 0.15) is 19.3 Å². The smallest absolute Gasteiger partial charge is 0.462 e. The first-order valence-electron chi connectivity index (χ1n) is 44.5. The molecule has 0 aromatic heterocycles. The molecule has 0 aromatic carbocycles. The van der Waals surface area contributed by atoms with E-state index in [-0.39, 0.29) is 25.7 Å². The lowest BCUT2D eigenvalue weighted by molar-refractivity contribution is -0.161. The summed E-state index contributed by atoms with van der Waals surface area (Å²) in [4.78, 5) is 73.2. The molecule has 0 heterocycles. The zero-order valence-electron chi connectivity index (χ0n) is 69.0. The second kappa shape index (κ2) is 77.4. The lowest BCUT2D eigenvalue weighted by Gasteiger charge is -2.21. The van der Waals surface area contributed by atoms with E-state index >= 15 is 0 Å². The Kier molecular flexibility index (Phi) is 76.0. The topological polar surface area (TPSA) is 237 Å². The van der Waals surface area contributed by atoms with Crippen molar-refractivity contribution < 1.29 is 80.2 Å². The van der Waals surface area contributed by atoms with E-state index in [1.54, 1.807) is 0 Å². The standard InChI is InChI=1S/C86H168O17P2/c1-7-9-11-13-15-17-19-20-21-22-23-24-25-30-35-40-46-52-58-64-70-85(90)103-82(75-97-84(89)69-63-57-51-45-39-34-29-27-26-28-32-37-42-48-54-60-66-78(3)4)77-101-105(94,95)99-73-80(87)72-98-104(92,93)100-76-81(74-96-83(88)68-62-56-50-44-18-16-14-12-10-8-2)102-86(91)71-65-59-53-47-41-36-31-33-38-43-49-55-61-67-79(5)6/h78-82,87H,7-77H2,1-6H3,(H,92,93)(H,94,95)/t80-,81+,82+/m0/s1. The maximum Gasteiger partial charge on any atom is 0.472 e. The minimum Gasteiger partial charge on any atom is -0.462 e. The number of aliphatic hydroxyl groups excluding tert-OH is 1. The van der Waals surface area contributed by atoms with Crippen LogP contribution in [0.1, 0.15) is 459 Å². The van der Waals surface area contributed by atoms with Crippen molar-refractivity contribution in [2.24, 2.45) is 11.8 Å². The van der Waals surface area contributed by atoms with Crippen molar-refractivity contribution in [3.8, 4) is 0 Å². The van der Waals surface area contributed by atoms with E-state index in [0.29, 0.717) is 25.7 Å². The zero-order valence-corrected chi connectivity index (χ0v) is 70.8. The molecule has 0 fully saturated rings. The highest BCUT2D eigenvalue weighted by atomic mass is 31.2. The third kappa shape index (κ3) is 79.9. The Morgan fingerprint density at radius 1 is 0.257 bits per heavy atom. The van der Waals surface area contributed by atoms with Crippen LogP contribution in [0.5, 0.6) is 0 Å². The highest BCUT2D eigenvalue weighted by molar-refractivity contribution is 7.47. The predicted molar refractivity (Wildman–Crippen MR) is 432 cm³/mol. The van der Waals surface area contributed by atoms with Crippen molar-refractivity contribution in [1.29, 1.82) is 0 Å². The van der Waals surface area contributed by atoms with Gasteiger partial charge in [0.05, 0.1) is 26.4 Å². The van der Waals surface area contributed by atoms with Crippen molar-refractivity contribution >= 4 is 39.5 Å². The average Bonchev–Trinajstić information content (AvgIpc) is 0.912. The molecule has 0 aliphatic carbocycles. The molecule has 0 aliphatic heterocycles. The Morgan fingerprint density at radius 2 is 0.438 bits per heavy atom. The number of phosphoric acid groups is 2. The van der Waals surface area contributed by atoms with Gasteiger partial charge in [-0.2, -0.15) is 0 Å². The molecular formula is C86H168O17P2. The summed E-state index contributed by atoms with van der Waals surface area (Å²) in [6, 6.07) is 0. The summed E-state index contributed by atoms with van der Waals surface area (Å²) in [5.74, 6) is -0.502. The van der Waals surface area contributed by atoms with Crippen LogP contribution in [0.15, 0.2) is 0 Å². The molecule has 624 valence electrons. The van der Waals surface area contributed by atoms with Gasteiger partial charge in [-0.05, 0) is 37.5 Å². The van der Waals surface area contributed by atoms with E-state index in [4.69, 9.17) is 37.0 Å². The number of carbonyl (C=O) groups excluding carboxylic acids is 4. The number of carbonyl (C=O) groups is 4. The van der Waals surface area contributed by atoms with E-state index in [0.717, 1.165) is 102 Å². The third-order valence-electron chi connectivity index (χ3n) is 20.2. The molecule has 0 amide bonds. The molecule has 105 heavy (non-hydrogen) atoms. The maximum atomic E-state index is 13.1. The van der Waals surface area contributed by atoms with Crippen LogP contribution in [-0.2, 0) is 65.4 Å². The first kappa shape index (κ1) is 103. The van der Waals surface area contributed by atoms with Crippen molar-refractivity contribution in [1.82, 2.24) is 0 Å². The largest absolute Gasteiger partial charge is 0.472 e. The molecule has 0 aliphatic rings. The molecule has 3 N–H and O–H groups in total. The van der Waals surface area contributed by atoms with Crippen molar-refractivity contribution in [2.75, 3.05) is 39.6 Å². The molecule has 19 heteroatoms. The fraction of sp³-hybridized carbons (Fsp3) is 0.953. The van der Waals surface area contributed by atoms with Gasteiger partial charge in [-0.25, -0.2) is 9.13 Å². The van der Waals surface area contributed by atoms with Gasteiger partial charge in [-0.3, -0.25) is 37.3 Å². The van der Waals surface area contributed by atoms with Gasteiger partial charge in [-0.1, -0.05) is 408 Å². The molecule has 0 aromatic rings. The van der Waals surface area contributed by atoms with Crippen molar-refractivity contribution in [2.45, 2.75) is 477 Å². The Labute approximate surface area is 645 Å². The molecule has 17 nitrogen and oxygen atoms in total. The molecule has 0 rings (SSSR count). The van der Waals surface area contributed by atoms with E-state index in [2.05, 4.69) is 41.5 Å². The highest BCUT2D eigenvalue weighted by Gasteiger charge is 2.30. The number of hydrogen-bond acceptors (Lipinski definition) is 15. The summed E-state index contributed by atoms with van der Waals surface area (Å²) in [5, 5.41) is 10.7. The summed E-state index contributed by atoms with van der Waals surface area (Å²) in [6.07, 6.45) is 69.4. The van der Waals surface area contributed by atoms with Crippen LogP contribution in [0.4, 0.5) is 0 Å². The molecule has 0 saturated heterocycles. The van der Waals surface area contributed by atoms with Gasteiger partial charge in [0.2, 0.25) is 0 Å². The Morgan fingerprint density at radius 3 is 0.648 bits per heavy atom. The number of unbranched alkanes of at least 4 members (excludes halogenated alkanes) is 55. The van der Waals surface area contributed by atoms with Crippen LogP contribution >= 0.6 is 15.6 Å². The van der Waals surface area contributed by atoms with Gasteiger partial charge in [0.25, 0.3) is 0 Å². The minimum atomic E-state index is -4.97. The van der Waals surface area contributed by atoms with Gasteiger partial charge in [0.15, 0.2) is 12.2 Å². The molecule has 0 saturated carbocycles. The zero-order chi connectivity index (χ0) is 77.1. The lowest BCUT2D eigenvalue weighted by atomic mass is 10.0. The summed E-state index contributed by atoms with van der Waals surface area (Å²) in [7, 11) is -9.93. The first-order chi connectivity index (χ1) is 50.9. The average molecular weight is 1540 g/mol. The number of rotatable bonds is 85.